The van der Waals surface area contributed by atoms with E-state index >= 15 is 0 Å². The van der Waals surface area contributed by atoms with Gasteiger partial charge in [0, 0.05) is 31.2 Å². The molecule has 1 aliphatic heterocycles. The normalized spacial score (nSPS) is 20.8. The molecule has 1 aromatic carbocycles. The van der Waals surface area contributed by atoms with Crippen molar-refractivity contribution in [3.63, 3.8) is 0 Å². The van der Waals surface area contributed by atoms with Gasteiger partial charge in [-0.25, -0.2) is 4.39 Å². The van der Waals surface area contributed by atoms with Crippen LogP contribution in [0.15, 0.2) is 24.3 Å². The fourth-order valence-corrected chi connectivity index (χ4v) is 2.64. The molecule has 1 aliphatic carbocycles. The lowest BCUT2D eigenvalue weighted by atomic mass is 10.1. The van der Waals surface area contributed by atoms with E-state index in [-0.39, 0.29) is 43.0 Å². The van der Waals surface area contributed by atoms with Crippen molar-refractivity contribution in [1.82, 2.24) is 15.5 Å². The Labute approximate surface area is 141 Å². The van der Waals surface area contributed by atoms with Gasteiger partial charge >= 0.3 is 0 Å². The van der Waals surface area contributed by atoms with Gasteiger partial charge in [0.05, 0.1) is 12.5 Å². The number of carbonyl (C=O) groups excluding carboxylic acids is 2. The van der Waals surface area contributed by atoms with E-state index < -0.39 is 6.04 Å². The quantitative estimate of drug-likeness (QED) is 0.846. The molecular weight excluding hydrogens is 321 g/mol. The summed E-state index contributed by atoms with van der Waals surface area (Å²) >= 11 is 0. The third kappa shape index (κ3) is 4.65. The molecule has 1 heterocycles. The minimum Gasteiger partial charge on any atom is -0.353 e. The summed E-state index contributed by atoms with van der Waals surface area (Å²) in [6, 6.07) is 6.23. The van der Waals surface area contributed by atoms with Crippen molar-refractivity contribution in [2.75, 3.05) is 13.1 Å². The predicted molar refractivity (Wildman–Crippen MR) is 86.6 cm³/mol. The number of carbonyl (C=O) groups is 2. The van der Waals surface area contributed by atoms with Gasteiger partial charge in [-0.1, -0.05) is 18.2 Å². The second-order valence-electron chi connectivity index (χ2n) is 5.90. The minimum absolute atomic E-state index is 0. The maximum Gasteiger partial charge on any atom is 0.240 e. The minimum atomic E-state index is -0.515. The molecule has 2 aliphatic rings. The van der Waals surface area contributed by atoms with E-state index in [0.717, 1.165) is 12.8 Å². The van der Waals surface area contributed by atoms with Crippen LogP contribution in [0.1, 0.15) is 24.8 Å². The van der Waals surface area contributed by atoms with E-state index in [1.54, 1.807) is 23.1 Å². The summed E-state index contributed by atoms with van der Waals surface area (Å²) in [6.45, 7) is 1.38. The number of benzene rings is 1. The van der Waals surface area contributed by atoms with E-state index in [1.807, 2.05) is 0 Å². The first kappa shape index (κ1) is 17.7. The molecule has 126 valence electrons. The Bertz CT molecular complexity index is 580. The lowest BCUT2D eigenvalue weighted by molar-refractivity contribution is -0.138. The Morgan fingerprint density at radius 2 is 2.09 bits per heavy atom. The van der Waals surface area contributed by atoms with Gasteiger partial charge in [0.15, 0.2) is 0 Å². The van der Waals surface area contributed by atoms with Crippen molar-refractivity contribution in [3.05, 3.63) is 35.6 Å². The van der Waals surface area contributed by atoms with Gasteiger partial charge in [0.2, 0.25) is 11.8 Å². The fraction of sp³-hybridized carbons (Fsp3) is 0.500. The van der Waals surface area contributed by atoms with Crippen LogP contribution in [0.25, 0.3) is 0 Å². The Balaban J connectivity index is 0.00000192. The third-order valence-electron chi connectivity index (χ3n) is 4.03. The summed E-state index contributed by atoms with van der Waals surface area (Å²) < 4.78 is 13.7. The molecule has 23 heavy (non-hydrogen) atoms. The SMILES string of the molecule is Cl.O=C(CC1NCCN(Cc2ccccc2F)C1=O)NC1CC1. The summed E-state index contributed by atoms with van der Waals surface area (Å²) in [4.78, 5) is 25.9. The zero-order valence-electron chi connectivity index (χ0n) is 12.8. The van der Waals surface area contributed by atoms with Crippen molar-refractivity contribution in [2.24, 2.45) is 0 Å². The highest BCUT2D eigenvalue weighted by Gasteiger charge is 2.32. The van der Waals surface area contributed by atoms with Gasteiger partial charge in [-0.15, -0.1) is 12.4 Å². The molecular formula is C16H21ClFN3O2. The first-order valence-electron chi connectivity index (χ1n) is 7.68. The molecule has 1 saturated carbocycles. The summed E-state index contributed by atoms with van der Waals surface area (Å²) in [5.41, 5.74) is 0.499. The monoisotopic (exact) mass is 341 g/mol. The molecule has 1 aromatic rings. The van der Waals surface area contributed by atoms with Gasteiger partial charge in [-0.05, 0) is 18.9 Å². The Kier molecular flexibility index (Phi) is 5.96. The fourth-order valence-electron chi connectivity index (χ4n) is 2.64. The molecule has 0 bridgehead atoms. The lowest BCUT2D eigenvalue weighted by Gasteiger charge is -2.33. The number of nitrogens with one attached hydrogen (secondary N) is 2. The highest BCUT2D eigenvalue weighted by molar-refractivity contribution is 5.89. The topological polar surface area (TPSA) is 61.4 Å². The number of hydrogen-bond acceptors (Lipinski definition) is 3. The standard InChI is InChI=1S/C16H20FN3O2.ClH/c17-13-4-2-1-3-11(13)10-20-8-7-18-14(16(20)22)9-15(21)19-12-5-6-12;/h1-4,12,14,18H,5-10H2,(H,19,21);1H. The average Bonchev–Trinajstić information content (AvgIpc) is 3.29. The molecule has 3 rings (SSSR count). The molecule has 2 fully saturated rings. The van der Waals surface area contributed by atoms with Gasteiger partial charge in [-0.3, -0.25) is 9.59 Å². The molecule has 2 amide bonds. The van der Waals surface area contributed by atoms with E-state index in [4.69, 9.17) is 0 Å². The molecule has 5 nitrogen and oxygen atoms in total. The first-order chi connectivity index (χ1) is 10.6. The second-order valence-corrected chi connectivity index (χ2v) is 5.90. The van der Waals surface area contributed by atoms with Gasteiger partial charge in [0.1, 0.15) is 5.82 Å². The van der Waals surface area contributed by atoms with Crippen molar-refractivity contribution in [3.8, 4) is 0 Å². The number of hydrogen-bond donors (Lipinski definition) is 2. The van der Waals surface area contributed by atoms with E-state index in [0.29, 0.717) is 24.7 Å². The number of rotatable bonds is 5. The van der Waals surface area contributed by atoms with Gasteiger partial charge < -0.3 is 15.5 Å². The van der Waals surface area contributed by atoms with E-state index in [9.17, 15) is 14.0 Å². The van der Waals surface area contributed by atoms with Crippen molar-refractivity contribution >= 4 is 24.2 Å². The van der Waals surface area contributed by atoms with Gasteiger partial charge in [-0.2, -0.15) is 0 Å². The van der Waals surface area contributed by atoms with E-state index in [1.165, 1.54) is 6.07 Å². The lowest BCUT2D eigenvalue weighted by Crippen LogP contribution is -2.56. The Morgan fingerprint density at radius 3 is 2.78 bits per heavy atom. The van der Waals surface area contributed by atoms with Crippen molar-refractivity contribution < 1.29 is 14.0 Å². The number of amides is 2. The summed E-state index contributed by atoms with van der Waals surface area (Å²) in [6.07, 6.45) is 2.19. The Morgan fingerprint density at radius 1 is 1.35 bits per heavy atom. The van der Waals surface area contributed by atoms with Gasteiger partial charge in [0.25, 0.3) is 0 Å². The molecule has 7 heteroatoms. The molecule has 1 atom stereocenters. The van der Waals surface area contributed by atoms with E-state index in [2.05, 4.69) is 10.6 Å². The molecule has 1 saturated heterocycles. The van der Waals surface area contributed by atoms with Crippen molar-refractivity contribution in [2.45, 2.75) is 37.9 Å². The molecule has 0 aromatic heterocycles. The second kappa shape index (κ2) is 7.75. The van der Waals surface area contributed by atoms with Crippen LogP contribution in [0.4, 0.5) is 4.39 Å². The maximum absolute atomic E-state index is 13.7. The molecule has 0 radical (unpaired) electrons. The first-order valence-corrected chi connectivity index (χ1v) is 7.68. The van der Waals surface area contributed by atoms with Crippen LogP contribution < -0.4 is 10.6 Å². The summed E-state index contributed by atoms with van der Waals surface area (Å²) in [5.74, 6) is -0.543. The maximum atomic E-state index is 13.7. The third-order valence-corrected chi connectivity index (χ3v) is 4.03. The predicted octanol–water partition coefficient (Wildman–Crippen LogP) is 1.22. The average molecular weight is 342 g/mol. The largest absolute Gasteiger partial charge is 0.353 e. The Hall–Kier alpha value is -1.66. The van der Waals surface area contributed by atoms with Crippen molar-refractivity contribution in [1.29, 1.82) is 0 Å². The highest BCUT2D eigenvalue weighted by Crippen LogP contribution is 2.19. The van der Waals surface area contributed by atoms with Crippen LogP contribution in [0.5, 0.6) is 0 Å². The van der Waals surface area contributed by atoms with Crippen LogP contribution in [0.2, 0.25) is 0 Å². The van der Waals surface area contributed by atoms with Crippen LogP contribution in [0.3, 0.4) is 0 Å². The van der Waals surface area contributed by atoms with Crippen LogP contribution in [-0.2, 0) is 16.1 Å². The molecule has 1 unspecified atom stereocenters. The highest BCUT2D eigenvalue weighted by atomic mass is 35.5. The van der Waals surface area contributed by atoms with Crippen LogP contribution in [-0.4, -0.2) is 41.9 Å². The molecule has 2 N–H and O–H groups in total. The number of halogens is 2. The van der Waals surface area contributed by atoms with Crippen LogP contribution >= 0.6 is 12.4 Å². The molecule has 0 spiro atoms. The zero-order chi connectivity index (χ0) is 15.5. The zero-order valence-corrected chi connectivity index (χ0v) is 13.6. The summed E-state index contributed by atoms with van der Waals surface area (Å²) in [5, 5.41) is 5.96. The van der Waals surface area contributed by atoms with Crippen LogP contribution in [0, 0.1) is 5.82 Å². The smallest absolute Gasteiger partial charge is 0.240 e. The number of piperazine rings is 1. The number of nitrogens with zero attached hydrogens (tertiary/aromatic N) is 1. The summed E-state index contributed by atoms with van der Waals surface area (Å²) in [7, 11) is 0.